The van der Waals surface area contributed by atoms with Gasteiger partial charge in [-0.2, -0.15) is 0 Å². The number of hydrogen-bond donors (Lipinski definition) is 1. The number of nitrogens with zero attached hydrogens (tertiary/aromatic N) is 1. The van der Waals surface area contributed by atoms with Crippen LogP contribution in [0.1, 0.15) is 30.1 Å². The molecule has 0 saturated carbocycles. The quantitative estimate of drug-likeness (QED) is 0.921. The van der Waals surface area contributed by atoms with Crippen LogP contribution in [0.15, 0.2) is 29.6 Å². The average molecular weight is 264 g/mol. The number of benzene rings is 1. The van der Waals surface area contributed by atoms with E-state index < -0.39 is 0 Å². The molecule has 2 rings (SSSR count). The Balaban J connectivity index is 2.31. The summed E-state index contributed by atoms with van der Waals surface area (Å²) in [4.78, 5) is 4.62. The summed E-state index contributed by atoms with van der Waals surface area (Å²) in [5.41, 5.74) is 7.43. The Labute approximate surface area is 111 Å². The fourth-order valence-electron chi connectivity index (χ4n) is 1.85. The predicted octanol–water partition coefficient (Wildman–Crippen LogP) is 3.11. The number of halogens is 1. The summed E-state index contributed by atoms with van der Waals surface area (Å²) in [5, 5.41) is 3.09. The van der Waals surface area contributed by atoms with Crippen molar-refractivity contribution < 1.29 is 4.39 Å². The van der Waals surface area contributed by atoms with Crippen LogP contribution in [0.5, 0.6) is 0 Å². The highest BCUT2D eigenvalue weighted by atomic mass is 32.1. The molecular formula is C14H17FN2S. The second-order valence-corrected chi connectivity index (χ2v) is 5.67. The first-order valence-corrected chi connectivity index (χ1v) is 6.83. The minimum Gasteiger partial charge on any atom is -0.330 e. The maximum Gasteiger partial charge on any atom is 0.123 e. The van der Waals surface area contributed by atoms with Crippen molar-refractivity contribution in [3.05, 3.63) is 51.7 Å². The van der Waals surface area contributed by atoms with Crippen LogP contribution in [0.2, 0.25) is 0 Å². The van der Waals surface area contributed by atoms with Gasteiger partial charge in [0.1, 0.15) is 10.8 Å². The molecule has 4 heteroatoms. The highest BCUT2D eigenvalue weighted by Gasteiger charge is 2.26. The van der Waals surface area contributed by atoms with Gasteiger partial charge in [0, 0.05) is 17.2 Å². The molecule has 0 saturated heterocycles. The smallest absolute Gasteiger partial charge is 0.123 e. The molecule has 0 radical (unpaired) electrons. The molecule has 0 bridgehead atoms. The van der Waals surface area contributed by atoms with E-state index in [9.17, 15) is 4.39 Å². The van der Waals surface area contributed by atoms with Crippen molar-refractivity contribution in [3.63, 3.8) is 0 Å². The van der Waals surface area contributed by atoms with E-state index in [1.165, 1.54) is 12.1 Å². The van der Waals surface area contributed by atoms with E-state index in [0.717, 1.165) is 22.7 Å². The average Bonchev–Trinajstić information content (AvgIpc) is 2.79. The van der Waals surface area contributed by atoms with Crippen LogP contribution in [-0.4, -0.2) is 11.5 Å². The van der Waals surface area contributed by atoms with Gasteiger partial charge in [-0.05, 0) is 38.1 Å². The zero-order chi connectivity index (χ0) is 13.2. The van der Waals surface area contributed by atoms with Crippen LogP contribution in [0.3, 0.4) is 0 Å². The molecule has 96 valence electrons. The first kappa shape index (κ1) is 13.2. The van der Waals surface area contributed by atoms with Gasteiger partial charge >= 0.3 is 0 Å². The third-order valence-electron chi connectivity index (χ3n) is 3.05. The molecule has 0 aliphatic rings. The van der Waals surface area contributed by atoms with E-state index >= 15 is 0 Å². The lowest BCUT2D eigenvalue weighted by atomic mass is 9.85. The molecule has 0 unspecified atom stereocenters. The van der Waals surface area contributed by atoms with Crippen molar-refractivity contribution in [1.82, 2.24) is 4.98 Å². The minimum atomic E-state index is -0.211. The molecule has 2 N–H and O–H groups in total. The van der Waals surface area contributed by atoms with E-state index in [0.29, 0.717) is 6.54 Å². The van der Waals surface area contributed by atoms with E-state index in [2.05, 4.69) is 18.8 Å². The molecule has 0 spiro atoms. The number of aromatic nitrogens is 1. The molecule has 2 aromatic rings. The molecule has 0 aliphatic heterocycles. The summed E-state index contributed by atoms with van der Waals surface area (Å²) in [6, 6.07) is 6.62. The zero-order valence-electron chi connectivity index (χ0n) is 10.6. The van der Waals surface area contributed by atoms with Crippen molar-refractivity contribution >= 4 is 11.3 Å². The highest BCUT2D eigenvalue weighted by molar-refractivity contribution is 7.09. The zero-order valence-corrected chi connectivity index (χ0v) is 11.4. The standard InChI is InChI=1S/C14H17FN2S/c1-14(2,10-3-5-11(15)6-4-10)13-17-12(7-8-16)9-18-13/h3-6,9H,7-8,16H2,1-2H3. The van der Waals surface area contributed by atoms with Gasteiger partial charge < -0.3 is 5.73 Å². The Kier molecular flexibility index (Phi) is 3.78. The van der Waals surface area contributed by atoms with Crippen LogP contribution in [-0.2, 0) is 11.8 Å². The highest BCUT2D eigenvalue weighted by Crippen LogP contribution is 2.33. The Morgan fingerprint density at radius 1 is 1.28 bits per heavy atom. The van der Waals surface area contributed by atoms with Crippen molar-refractivity contribution in [2.75, 3.05) is 6.54 Å². The fraction of sp³-hybridized carbons (Fsp3) is 0.357. The van der Waals surface area contributed by atoms with Crippen LogP contribution >= 0.6 is 11.3 Å². The molecule has 1 heterocycles. The van der Waals surface area contributed by atoms with Gasteiger partial charge in [-0.3, -0.25) is 0 Å². The Hall–Kier alpha value is -1.26. The number of thiazole rings is 1. The van der Waals surface area contributed by atoms with Crippen molar-refractivity contribution in [2.24, 2.45) is 5.73 Å². The van der Waals surface area contributed by atoms with Gasteiger partial charge in [-0.25, -0.2) is 9.37 Å². The van der Waals surface area contributed by atoms with Crippen molar-refractivity contribution in [2.45, 2.75) is 25.7 Å². The monoisotopic (exact) mass is 264 g/mol. The third kappa shape index (κ3) is 2.60. The van der Waals surface area contributed by atoms with Crippen LogP contribution in [0.4, 0.5) is 4.39 Å². The molecule has 0 aliphatic carbocycles. The minimum absolute atomic E-state index is 0.203. The molecule has 1 aromatic heterocycles. The maximum absolute atomic E-state index is 13.0. The summed E-state index contributed by atoms with van der Waals surface area (Å²) in [6.07, 6.45) is 0.802. The fourth-order valence-corrected chi connectivity index (χ4v) is 2.85. The Bertz CT molecular complexity index is 517. The van der Waals surface area contributed by atoms with E-state index in [-0.39, 0.29) is 11.2 Å². The summed E-state index contributed by atoms with van der Waals surface area (Å²) in [7, 11) is 0. The number of nitrogens with two attached hydrogens (primary N) is 1. The van der Waals surface area contributed by atoms with E-state index in [1.54, 1.807) is 11.3 Å². The van der Waals surface area contributed by atoms with Gasteiger partial charge in [0.15, 0.2) is 0 Å². The maximum atomic E-state index is 13.0. The van der Waals surface area contributed by atoms with E-state index in [1.807, 2.05) is 17.5 Å². The largest absolute Gasteiger partial charge is 0.330 e. The van der Waals surface area contributed by atoms with E-state index in [4.69, 9.17) is 5.73 Å². The first-order valence-electron chi connectivity index (χ1n) is 5.95. The molecule has 18 heavy (non-hydrogen) atoms. The summed E-state index contributed by atoms with van der Waals surface area (Å²) in [6.45, 7) is 4.82. The van der Waals surface area contributed by atoms with Crippen LogP contribution in [0.25, 0.3) is 0 Å². The topological polar surface area (TPSA) is 38.9 Å². The van der Waals surface area contributed by atoms with Gasteiger partial charge in [-0.15, -0.1) is 11.3 Å². The van der Waals surface area contributed by atoms with Gasteiger partial charge in [0.25, 0.3) is 0 Å². The van der Waals surface area contributed by atoms with Gasteiger partial charge in [0.2, 0.25) is 0 Å². The first-order chi connectivity index (χ1) is 8.54. The number of hydrogen-bond acceptors (Lipinski definition) is 3. The van der Waals surface area contributed by atoms with Crippen molar-refractivity contribution in [3.8, 4) is 0 Å². The van der Waals surface area contributed by atoms with Crippen molar-refractivity contribution in [1.29, 1.82) is 0 Å². The second kappa shape index (κ2) is 5.16. The molecule has 0 atom stereocenters. The molecule has 0 fully saturated rings. The lowest BCUT2D eigenvalue weighted by Crippen LogP contribution is -2.19. The Morgan fingerprint density at radius 3 is 2.56 bits per heavy atom. The summed E-state index contributed by atoms with van der Waals surface area (Å²) >= 11 is 1.64. The number of rotatable bonds is 4. The second-order valence-electron chi connectivity index (χ2n) is 4.81. The summed E-state index contributed by atoms with van der Waals surface area (Å²) in [5.74, 6) is -0.211. The Morgan fingerprint density at radius 2 is 1.94 bits per heavy atom. The lowest BCUT2D eigenvalue weighted by molar-refractivity contribution is 0.610. The molecule has 0 amide bonds. The third-order valence-corrected chi connectivity index (χ3v) is 4.27. The van der Waals surface area contributed by atoms with Gasteiger partial charge in [0.05, 0.1) is 5.69 Å². The SMILES string of the molecule is CC(C)(c1ccc(F)cc1)c1nc(CCN)cs1. The lowest BCUT2D eigenvalue weighted by Gasteiger charge is -2.22. The molecular weight excluding hydrogens is 247 g/mol. The van der Waals surface area contributed by atoms with Crippen LogP contribution < -0.4 is 5.73 Å². The molecule has 2 nitrogen and oxygen atoms in total. The molecule has 1 aromatic carbocycles. The predicted molar refractivity (Wildman–Crippen MR) is 73.4 cm³/mol. The van der Waals surface area contributed by atoms with Gasteiger partial charge in [-0.1, -0.05) is 12.1 Å². The van der Waals surface area contributed by atoms with Crippen LogP contribution in [0, 0.1) is 5.82 Å². The summed E-state index contributed by atoms with van der Waals surface area (Å²) < 4.78 is 13.0. The normalized spacial score (nSPS) is 11.8.